The second-order valence-corrected chi connectivity index (χ2v) is 8.51. The molecular weight excluding hydrogens is 472 g/mol. The van der Waals surface area contributed by atoms with Crippen molar-refractivity contribution in [3.8, 4) is 0 Å². The summed E-state index contributed by atoms with van der Waals surface area (Å²) in [5.74, 6) is -0.122. The summed E-state index contributed by atoms with van der Waals surface area (Å²) in [4.78, 5) is 42.8. The quantitative estimate of drug-likeness (QED) is 0.308. The number of benzene rings is 2. The Morgan fingerprint density at radius 1 is 0.973 bits per heavy atom. The summed E-state index contributed by atoms with van der Waals surface area (Å²) < 4.78 is 1.61. The Hall–Kier alpha value is -4.93. The average molecular weight is 501 g/mol. The number of carbonyl (C=O) groups excluding carboxylic acids is 3. The molecule has 0 unspecified atom stereocenters. The summed E-state index contributed by atoms with van der Waals surface area (Å²) >= 11 is 0. The Labute approximate surface area is 213 Å². The summed E-state index contributed by atoms with van der Waals surface area (Å²) in [5, 5.41) is 16.5. The largest absolute Gasteiger partial charge is 0.380 e. The molecule has 0 bridgehead atoms. The highest BCUT2D eigenvalue weighted by atomic mass is 16.2. The number of hydrogen-bond acceptors (Lipinski definition) is 6. The number of amides is 4. The number of pyridine rings is 1. The van der Waals surface area contributed by atoms with Crippen LogP contribution in [0.25, 0.3) is 10.9 Å². The minimum absolute atomic E-state index is 0.270. The van der Waals surface area contributed by atoms with E-state index in [1.807, 2.05) is 18.2 Å². The molecule has 11 nitrogen and oxygen atoms in total. The molecule has 0 fully saturated rings. The van der Waals surface area contributed by atoms with E-state index in [1.165, 1.54) is 4.90 Å². The molecule has 2 heterocycles. The molecule has 2 aromatic carbocycles. The third kappa shape index (κ3) is 5.67. The van der Waals surface area contributed by atoms with Gasteiger partial charge in [-0.25, -0.2) is 9.78 Å². The van der Waals surface area contributed by atoms with Crippen molar-refractivity contribution < 1.29 is 14.4 Å². The van der Waals surface area contributed by atoms with E-state index in [0.717, 1.165) is 11.1 Å². The lowest BCUT2D eigenvalue weighted by molar-refractivity contribution is 0.0958. The zero-order valence-corrected chi connectivity index (χ0v) is 21.0. The second kappa shape index (κ2) is 10.8. The van der Waals surface area contributed by atoms with Crippen LogP contribution in [0.2, 0.25) is 0 Å². The first-order valence-electron chi connectivity index (χ1n) is 11.5. The van der Waals surface area contributed by atoms with Gasteiger partial charge >= 0.3 is 6.03 Å². The Balaban J connectivity index is 1.49. The standard InChI is InChI=1S/C26H28N8O3/c1-27-25(36)23-19-10-9-17(14-21(19)34(4)32-23)30-24(35)18-7-5-6-8-20(18)29-15-16-11-12-28-22(13-16)31-26(37)33(2)3/h5-14,29H,15H2,1-4H3,(H,27,36)(H,30,35)(H,28,31,37). The normalized spacial score (nSPS) is 10.6. The maximum Gasteiger partial charge on any atom is 0.322 e. The first-order chi connectivity index (χ1) is 17.8. The molecule has 190 valence electrons. The van der Waals surface area contributed by atoms with Crippen molar-refractivity contribution in [1.82, 2.24) is 25.0 Å². The molecule has 0 atom stereocenters. The molecule has 11 heteroatoms. The van der Waals surface area contributed by atoms with Crippen molar-refractivity contribution in [3.63, 3.8) is 0 Å². The number of nitrogens with one attached hydrogen (secondary N) is 4. The van der Waals surface area contributed by atoms with Gasteiger partial charge in [0.05, 0.1) is 11.1 Å². The van der Waals surface area contributed by atoms with Gasteiger partial charge in [0, 0.05) is 57.7 Å². The molecule has 0 aliphatic carbocycles. The second-order valence-electron chi connectivity index (χ2n) is 8.51. The topological polar surface area (TPSA) is 133 Å². The Bertz CT molecular complexity index is 1480. The molecule has 0 saturated heterocycles. The number of carbonyl (C=O) groups is 3. The van der Waals surface area contributed by atoms with E-state index >= 15 is 0 Å². The molecule has 2 aromatic heterocycles. The zero-order chi connectivity index (χ0) is 26.5. The monoisotopic (exact) mass is 500 g/mol. The van der Waals surface area contributed by atoms with Crippen molar-refractivity contribution in [2.75, 3.05) is 37.1 Å². The number of nitrogens with zero attached hydrogens (tertiary/aromatic N) is 4. The molecule has 0 radical (unpaired) electrons. The lowest BCUT2D eigenvalue weighted by atomic mass is 10.1. The smallest absolute Gasteiger partial charge is 0.322 e. The number of anilines is 3. The Morgan fingerprint density at radius 2 is 1.76 bits per heavy atom. The Morgan fingerprint density at radius 3 is 2.51 bits per heavy atom. The summed E-state index contributed by atoms with van der Waals surface area (Å²) in [5.41, 5.74) is 3.63. The van der Waals surface area contributed by atoms with Gasteiger partial charge in [-0.1, -0.05) is 12.1 Å². The molecule has 4 aromatic rings. The minimum atomic E-state index is -0.287. The van der Waals surface area contributed by atoms with E-state index in [4.69, 9.17) is 0 Å². The van der Waals surface area contributed by atoms with Crippen LogP contribution in [0.3, 0.4) is 0 Å². The first kappa shape index (κ1) is 25.2. The fourth-order valence-electron chi connectivity index (χ4n) is 3.73. The highest BCUT2D eigenvalue weighted by molar-refractivity contribution is 6.10. The SMILES string of the molecule is CNC(=O)c1nn(C)c2cc(NC(=O)c3ccccc3NCc3ccnc(NC(=O)N(C)C)c3)ccc12. The van der Waals surface area contributed by atoms with E-state index < -0.39 is 0 Å². The maximum absolute atomic E-state index is 13.2. The van der Waals surface area contributed by atoms with Crippen LogP contribution < -0.4 is 21.3 Å². The van der Waals surface area contributed by atoms with Crippen LogP contribution in [0.5, 0.6) is 0 Å². The van der Waals surface area contributed by atoms with Gasteiger partial charge < -0.3 is 20.9 Å². The van der Waals surface area contributed by atoms with Crippen LogP contribution >= 0.6 is 0 Å². The molecule has 4 amide bonds. The lowest BCUT2D eigenvalue weighted by Crippen LogP contribution is -2.27. The molecule has 0 aliphatic rings. The van der Waals surface area contributed by atoms with Gasteiger partial charge in [0.15, 0.2) is 5.69 Å². The molecule has 37 heavy (non-hydrogen) atoms. The van der Waals surface area contributed by atoms with Gasteiger partial charge in [-0.2, -0.15) is 5.10 Å². The molecular formula is C26H28N8O3. The van der Waals surface area contributed by atoms with Gasteiger partial charge in [-0.15, -0.1) is 0 Å². The summed E-state index contributed by atoms with van der Waals surface area (Å²) in [6, 6.07) is 15.8. The minimum Gasteiger partial charge on any atom is -0.380 e. The van der Waals surface area contributed by atoms with E-state index in [1.54, 1.807) is 75.5 Å². The number of hydrogen-bond donors (Lipinski definition) is 4. The molecule has 4 rings (SSSR count). The molecule has 0 spiro atoms. The predicted octanol–water partition coefficient (Wildman–Crippen LogP) is 3.29. The molecule has 4 N–H and O–H groups in total. The van der Waals surface area contributed by atoms with E-state index in [9.17, 15) is 14.4 Å². The van der Waals surface area contributed by atoms with Crippen LogP contribution in [0.4, 0.5) is 22.0 Å². The van der Waals surface area contributed by atoms with E-state index in [0.29, 0.717) is 40.4 Å². The number of fused-ring (bicyclic) bond motifs is 1. The summed E-state index contributed by atoms with van der Waals surface area (Å²) in [6.45, 7) is 0.418. The van der Waals surface area contributed by atoms with Crippen molar-refractivity contribution in [3.05, 3.63) is 77.6 Å². The summed E-state index contributed by atoms with van der Waals surface area (Å²) in [7, 11) is 6.61. The third-order valence-electron chi connectivity index (χ3n) is 5.67. The third-order valence-corrected chi connectivity index (χ3v) is 5.67. The average Bonchev–Trinajstić information content (AvgIpc) is 3.23. The highest BCUT2D eigenvalue weighted by Crippen LogP contribution is 2.24. The fraction of sp³-hybridized carbons (Fsp3) is 0.192. The van der Waals surface area contributed by atoms with Gasteiger partial charge in [0.1, 0.15) is 5.82 Å². The van der Waals surface area contributed by atoms with Gasteiger partial charge in [0.2, 0.25) is 0 Å². The zero-order valence-electron chi connectivity index (χ0n) is 21.0. The van der Waals surface area contributed by atoms with Crippen molar-refractivity contribution >= 4 is 45.9 Å². The fourth-order valence-corrected chi connectivity index (χ4v) is 3.73. The molecule has 0 aliphatic heterocycles. The van der Waals surface area contributed by atoms with Gasteiger partial charge in [-0.3, -0.25) is 19.6 Å². The Kier molecular flexibility index (Phi) is 7.33. The number of rotatable bonds is 7. The van der Waals surface area contributed by atoms with Crippen LogP contribution in [0, 0.1) is 0 Å². The van der Waals surface area contributed by atoms with Gasteiger partial charge in [0.25, 0.3) is 11.8 Å². The van der Waals surface area contributed by atoms with Crippen molar-refractivity contribution in [1.29, 1.82) is 0 Å². The number of urea groups is 1. The van der Waals surface area contributed by atoms with E-state index in [-0.39, 0.29) is 17.8 Å². The predicted molar refractivity (Wildman–Crippen MR) is 143 cm³/mol. The summed E-state index contributed by atoms with van der Waals surface area (Å²) in [6.07, 6.45) is 1.62. The van der Waals surface area contributed by atoms with Crippen LogP contribution in [0.15, 0.2) is 60.8 Å². The van der Waals surface area contributed by atoms with Crippen LogP contribution in [-0.4, -0.2) is 58.7 Å². The number of para-hydroxylation sites is 1. The lowest BCUT2D eigenvalue weighted by Gasteiger charge is -2.14. The first-order valence-corrected chi connectivity index (χ1v) is 11.5. The molecule has 0 saturated carbocycles. The van der Waals surface area contributed by atoms with E-state index in [2.05, 4.69) is 31.3 Å². The van der Waals surface area contributed by atoms with Crippen molar-refractivity contribution in [2.45, 2.75) is 6.54 Å². The number of aryl methyl sites for hydroxylation is 1. The van der Waals surface area contributed by atoms with Crippen LogP contribution in [0.1, 0.15) is 26.4 Å². The van der Waals surface area contributed by atoms with Gasteiger partial charge in [-0.05, 0) is 48.0 Å². The number of aromatic nitrogens is 3. The van der Waals surface area contributed by atoms with Crippen molar-refractivity contribution in [2.24, 2.45) is 7.05 Å². The highest BCUT2D eigenvalue weighted by Gasteiger charge is 2.17. The van der Waals surface area contributed by atoms with Crippen LogP contribution in [-0.2, 0) is 13.6 Å². The maximum atomic E-state index is 13.2.